The molecule has 0 amide bonds. The Balaban J connectivity index is 0.00000264. The van der Waals surface area contributed by atoms with E-state index in [1.54, 1.807) is 0 Å². The molecule has 2 rings (SSSR count). The lowest BCUT2D eigenvalue weighted by atomic mass is 10.1. The van der Waals surface area contributed by atoms with Crippen LogP contribution in [0.4, 0.5) is 0 Å². The summed E-state index contributed by atoms with van der Waals surface area (Å²) in [5.41, 5.74) is 0. The van der Waals surface area contributed by atoms with Gasteiger partial charge < -0.3 is 20.3 Å². The van der Waals surface area contributed by atoms with Crippen LogP contribution in [0.2, 0.25) is 0 Å². The van der Waals surface area contributed by atoms with Gasteiger partial charge in [0.15, 0.2) is 5.96 Å². The number of halogens is 1. The average Bonchev–Trinajstić information content (AvgIpc) is 3.04. The number of likely N-dealkylation sites (tertiary alicyclic amines) is 1. The number of nitrogens with zero attached hydrogens (tertiary/aromatic N) is 2. The summed E-state index contributed by atoms with van der Waals surface area (Å²) in [5, 5.41) is 6.76. The molecule has 0 aromatic rings. The lowest BCUT2D eigenvalue weighted by Crippen LogP contribution is -2.41. The lowest BCUT2D eigenvalue weighted by Gasteiger charge is -2.28. The van der Waals surface area contributed by atoms with Crippen molar-refractivity contribution in [3.63, 3.8) is 0 Å². The fourth-order valence-corrected chi connectivity index (χ4v) is 3.25. The normalized spacial score (nSPS) is 24.1. The summed E-state index contributed by atoms with van der Waals surface area (Å²) >= 11 is 0. The molecule has 2 aliphatic heterocycles. The van der Waals surface area contributed by atoms with Gasteiger partial charge in [-0.2, -0.15) is 0 Å². The lowest BCUT2D eigenvalue weighted by molar-refractivity contribution is 0.114. The van der Waals surface area contributed by atoms with Gasteiger partial charge in [0.25, 0.3) is 0 Å². The largest absolute Gasteiger partial charge is 0.376 e. The number of nitrogens with one attached hydrogen (secondary N) is 2. The molecule has 2 atom stereocenters. The van der Waals surface area contributed by atoms with Crippen molar-refractivity contribution in [2.45, 2.75) is 52.1 Å². The monoisotopic (exact) mass is 438 g/mol. The highest BCUT2D eigenvalue weighted by Gasteiger charge is 2.16. The highest BCUT2D eigenvalue weighted by atomic mass is 127. The molecular formula is C17H35IN4O. The molecule has 0 saturated carbocycles. The van der Waals surface area contributed by atoms with Crippen molar-refractivity contribution in [3.8, 4) is 0 Å². The Morgan fingerprint density at radius 2 is 2.00 bits per heavy atom. The second-order valence-corrected chi connectivity index (χ2v) is 6.70. The van der Waals surface area contributed by atoms with E-state index in [1.807, 2.05) is 0 Å². The number of rotatable bonds is 7. The fourth-order valence-electron chi connectivity index (χ4n) is 3.25. The average molecular weight is 438 g/mol. The molecule has 0 bridgehead atoms. The highest BCUT2D eigenvalue weighted by Crippen LogP contribution is 2.11. The second kappa shape index (κ2) is 12.3. The van der Waals surface area contributed by atoms with Crippen LogP contribution in [0.25, 0.3) is 0 Å². The quantitative estimate of drug-likeness (QED) is 0.364. The van der Waals surface area contributed by atoms with Crippen LogP contribution in [-0.4, -0.2) is 62.8 Å². The summed E-state index contributed by atoms with van der Waals surface area (Å²) in [6, 6.07) is 0. The van der Waals surface area contributed by atoms with Gasteiger partial charge in [0.05, 0.1) is 6.10 Å². The van der Waals surface area contributed by atoms with Gasteiger partial charge in [-0.05, 0) is 51.6 Å². The molecule has 2 fully saturated rings. The zero-order valence-corrected chi connectivity index (χ0v) is 17.2. The predicted octanol–water partition coefficient (Wildman–Crippen LogP) is 2.46. The molecule has 0 radical (unpaired) electrons. The van der Waals surface area contributed by atoms with Crippen LogP contribution in [0.15, 0.2) is 4.99 Å². The van der Waals surface area contributed by atoms with Crippen molar-refractivity contribution < 1.29 is 4.74 Å². The van der Waals surface area contributed by atoms with Crippen LogP contribution in [-0.2, 0) is 4.74 Å². The van der Waals surface area contributed by atoms with E-state index in [0.717, 1.165) is 38.6 Å². The number of hydrogen-bond donors (Lipinski definition) is 2. The third kappa shape index (κ3) is 8.54. The summed E-state index contributed by atoms with van der Waals surface area (Å²) in [5.74, 6) is 1.54. The Morgan fingerprint density at radius 3 is 2.65 bits per heavy atom. The number of piperidine rings is 1. The van der Waals surface area contributed by atoms with Gasteiger partial charge in [0.2, 0.25) is 0 Å². The summed E-state index contributed by atoms with van der Waals surface area (Å²) in [6.07, 6.45) is 6.84. The van der Waals surface area contributed by atoms with E-state index >= 15 is 0 Å². The number of guanidine groups is 1. The van der Waals surface area contributed by atoms with Gasteiger partial charge in [-0.15, -0.1) is 24.0 Å². The van der Waals surface area contributed by atoms with E-state index in [-0.39, 0.29) is 24.0 Å². The summed E-state index contributed by atoms with van der Waals surface area (Å²) in [7, 11) is 0. The van der Waals surface area contributed by atoms with Gasteiger partial charge in [-0.1, -0.05) is 13.3 Å². The minimum absolute atomic E-state index is 0. The molecule has 0 aromatic heterocycles. The van der Waals surface area contributed by atoms with E-state index < -0.39 is 0 Å². The Labute approximate surface area is 159 Å². The minimum Gasteiger partial charge on any atom is -0.376 e. The van der Waals surface area contributed by atoms with Crippen LogP contribution < -0.4 is 10.6 Å². The molecule has 2 unspecified atom stereocenters. The maximum Gasteiger partial charge on any atom is 0.191 e. The van der Waals surface area contributed by atoms with Crippen molar-refractivity contribution in [1.29, 1.82) is 0 Å². The van der Waals surface area contributed by atoms with Crippen molar-refractivity contribution in [1.82, 2.24) is 15.5 Å². The maximum absolute atomic E-state index is 5.66. The third-order valence-corrected chi connectivity index (χ3v) is 4.45. The first-order valence-electron chi connectivity index (χ1n) is 9.14. The first kappa shape index (κ1) is 21.0. The summed E-state index contributed by atoms with van der Waals surface area (Å²) in [6.45, 7) is 11.7. The van der Waals surface area contributed by atoms with Crippen LogP contribution >= 0.6 is 24.0 Å². The molecule has 2 saturated heterocycles. The Morgan fingerprint density at radius 1 is 1.22 bits per heavy atom. The SMILES string of the molecule is CCNC(=NCC(C)CN1CCCCC1)NCC1CCCO1.I. The van der Waals surface area contributed by atoms with Gasteiger partial charge >= 0.3 is 0 Å². The van der Waals surface area contributed by atoms with Gasteiger partial charge in [0.1, 0.15) is 0 Å². The van der Waals surface area contributed by atoms with Crippen LogP contribution in [0, 0.1) is 5.92 Å². The smallest absolute Gasteiger partial charge is 0.191 e. The standard InChI is InChI=1S/C17H34N4O.HI/c1-3-18-17(20-13-16-8-7-11-22-16)19-12-15(2)14-21-9-5-4-6-10-21;/h15-16H,3-14H2,1-2H3,(H2,18,19,20);1H. The molecule has 0 spiro atoms. The third-order valence-electron chi connectivity index (χ3n) is 4.45. The Kier molecular flexibility index (Phi) is 11.2. The fraction of sp³-hybridized carbons (Fsp3) is 0.941. The molecular weight excluding hydrogens is 403 g/mol. The van der Waals surface area contributed by atoms with E-state index in [4.69, 9.17) is 9.73 Å². The molecule has 2 heterocycles. The molecule has 2 N–H and O–H groups in total. The van der Waals surface area contributed by atoms with Crippen LogP contribution in [0.3, 0.4) is 0 Å². The minimum atomic E-state index is 0. The van der Waals surface area contributed by atoms with Gasteiger partial charge in [-0.3, -0.25) is 4.99 Å². The van der Waals surface area contributed by atoms with Crippen molar-refractivity contribution in [2.24, 2.45) is 10.9 Å². The second-order valence-electron chi connectivity index (χ2n) is 6.70. The van der Waals surface area contributed by atoms with Gasteiger partial charge in [-0.25, -0.2) is 0 Å². The molecule has 0 aromatic carbocycles. The van der Waals surface area contributed by atoms with E-state index in [1.165, 1.54) is 45.3 Å². The summed E-state index contributed by atoms with van der Waals surface area (Å²) in [4.78, 5) is 7.35. The number of ether oxygens (including phenoxy) is 1. The van der Waals surface area contributed by atoms with Crippen molar-refractivity contribution in [3.05, 3.63) is 0 Å². The summed E-state index contributed by atoms with van der Waals surface area (Å²) < 4.78 is 5.66. The predicted molar refractivity (Wildman–Crippen MR) is 108 cm³/mol. The molecule has 136 valence electrons. The Bertz CT molecular complexity index is 329. The molecule has 23 heavy (non-hydrogen) atoms. The molecule has 6 heteroatoms. The van der Waals surface area contributed by atoms with Crippen molar-refractivity contribution in [2.75, 3.05) is 45.9 Å². The molecule has 5 nitrogen and oxygen atoms in total. The highest BCUT2D eigenvalue weighted by molar-refractivity contribution is 14.0. The van der Waals surface area contributed by atoms with Crippen LogP contribution in [0.5, 0.6) is 0 Å². The van der Waals surface area contributed by atoms with Crippen LogP contribution in [0.1, 0.15) is 46.0 Å². The number of hydrogen-bond acceptors (Lipinski definition) is 3. The first-order valence-corrected chi connectivity index (χ1v) is 9.14. The molecule has 0 aliphatic carbocycles. The zero-order chi connectivity index (χ0) is 15.6. The zero-order valence-electron chi connectivity index (χ0n) is 14.9. The van der Waals surface area contributed by atoms with Gasteiger partial charge in [0, 0.05) is 32.8 Å². The van der Waals surface area contributed by atoms with E-state index in [9.17, 15) is 0 Å². The van der Waals surface area contributed by atoms with E-state index in [0.29, 0.717) is 12.0 Å². The molecule has 2 aliphatic rings. The number of aliphatic imine (C=N–C) groups is 1. The maximum atomic E-state index is 5.66. The van der Waals surface area contributed by atoms with Crippen molar-refractivity contribution >= 4 is 29.9 Å². The first-order chi connectivity index (χ1) is 10.8. The topological polar surface area (TPSA) is 48.9 Å². The Hall–Kier alpha value is -0.0800. The van der Waals surface area contributed by atoms with E-state index in [2.05, 4.69) is 29.4 Å².